The molecule has 28 heavy (non-hydrogen) atoms. The number of hydrogen-bond acceptors (Lipinski definition) is 4. The maximum absolute atomic E-state index is 12.9. The third-order valence-electron chi connectivity index (χ3n) is 6.25. The third kappa shape index (κ3) is 3.98. The Morgan fingerprint density at radius 3 is 2.64 bits per heavy atom. The van der Waals surface area contributed by atoms with Gasteiger partial charge in [0.1, 0.15) is 0 Å². The first-order chi connectivity index (χ1) is 13.5. The van der Waals surface area contributed by atoms with Crippen molar-refractivity contribution in [3.05, 3.63) is 42.0 Å². The molecule has 3 N–H and O–H groups in total. The minimum absolute atomic E-state index is 0.0565. The maximum Gasteiger partial charge on any atom is 0.230 e. The Morgan fingerprint density at radius 1 is 1.21 bits per heavy atom. The number of aryl methyl sites for hydroxylation is 1. The molecule has 2 fully saturated rings. The molecule has 4 rings (SSSR count). The summed E-state index contributed by atoms with van der Waals surface area (Å²) in [7, 11) is 0. The Balaban J connectivity index is 1.21. The number of fused-ring (bicyclic) bond motifs is 2. The summed E-state index contributed by atoms with van der Waals surface area (Å²) < 4.78 is 5.72. The second-order valence-corrected chi connectivity index (χ2v) is 8.28. The number of benzene rings is 1. The molecule has 0 aliphatic carbocycles. The van der Waals surface area contributed by atoms with Gasteiger partial charge in [-0.3, -0.25) is 9.59 Å². The third-order valence-corrected chi connectivity index (χ3v) is 6.25. The number of carbonyl (C=O) groups excluding carboxylic acids is 2. The highest BCUT2D eigenvalue weighted by molar-refractivity contribution is 5.90. The summed E-state index contributed by atoms with van der Waals surface area (Å²) in [5, 5.41) is 2.97. The van der Waals surface area contributed by atoms with Gasteiger partial charge >= 0.3 is 0 Å². The lowest BCUT2D eigenvalue weighted by Gasteiger charge is -2.35. The van der Waals surface area contributed by atoms with E-state index in [0.29, 0.717) is 12.3 Å². The first kappa shape index (κ1) is 19.2. The molecule has 6 heteroatoms. The Kier molecular flexibility index (Phi) is 5.51. The molecule has 150 valence electrons. The van der Waals surface area contributed by atoms with E-state index in [1.807, 2.05) is 48.2 Å². The summed E-state index contributed by atoms with van der Waals surface area (Å²) in [5.74, 6) is 0.421. The van der Waals surface area contributed by atoms with E-state index in [1.165, 1.54) is 0 Å². The lowest BCUT2D eigenvalue weighted by atomic mass is 9.86. The highest BCUT2D eigenvalue weighted by Crippen LogP contribution is 2.35. The predicted molar refractivity (Wildman–Crippen MR) is 108 cm³/mol. The monoisotopic (exact) mass is 383 g/mol. The van der Waals surface area contributed by atoms with Crippen LogP contribution in [0.3, 0.4) is 0 Å². The number of rotatable bonds is 5. The molecule has 3 aliphatic heterocycles. The minimum atomic E-state index is -0.244. The van der Waals surface area contributed by atoms with E-state index in [1.54, 1.807) is 0 Å². The number of likely N-dealkylation sites (tertiary alicyclic amines) is 1. The molecule has 0 saturated carbocycles. The summed E-state index contributed by atoms with van der Waals surface area (Å²) in [5.41, 5.74) is 8.17. The molecule has 2 bridgehead atoms. The van der Waals surface area contributed by atoms with Crippen molar-refractivity contribution in [2.24, 2.45) is 17.6 Å². The Morgan fingerprint density at radius 2 is 1.96 bits per heavy atom. The zero-order chi connectivity index (χ0) is 19.7. The number of ether oxygens (including phenoxy) is 1. The van der Waals surface area contributed by atoms with Gasteiger partial charge in [0.05, 0.1) is 18.1 Å². The molecule has 1 aromatic rings. The van der Waals surface area contributed by atoms with Gasteiger partial charge in [0.15, 0.2) is 0 Å². The maximum atomic E-state index is 12.9. The SMILES string of the molecule is Cc1cccc(NC(=O)CCC2CCN(C(=O)[C@H]3[C@@H](N)[C@@H]4C=C[C@H]3O4)CC2)c1. The molecule has 0 unspecified atom stereocenters. The van der Waals surface area contributed by atoms with Gasteiger partial charge in [-0.1, -0.05) is 24.3 Å². The van der Waals surface area contributed by atoms with Gasteiger partial charge in [0.2, 0.25) is 11.8 Å². The highest BCUT2D eigenvalue weighted by Gasteiger charge is 2.49. The van der Waals surface area contributed by atoms with Crippen molar-refractivity contribution in [2.45, 2.75) is 50.9 Å². The van der Waals surface area contributed by atoms with Crippen LogP contribution in [-0.2, 0) is 14.3 Å². The zero-order valence-corrected chi connectivity index (χ0v) is 16.3. The van der Waals surface area contributed by atoms with Crippen LogP contribution >= 0.6 is 0 Å². The molecule has 0 aromatic heterocycles. The number of amides is 2. The summed E-state index contributed by atoms with van der Waals surface area (Å²) in [6.07, 6.45) is 6.93. The van der Waals surface area contributed by atoms with Crippen LogP contribution in [0, 0.1) is 18.8 Å². The Bertz CT molecular complexity index is 770. The van der Waals surface area contributed by atoms with E-state index in [9.17, 15) is 9.59 Å². The van der Waals surface area contributed by atoms with Crippen molar-refractivity contribution in [3.8, 4) is 0 Å². The van der Waals surface area contributed by atoms with Crippen LogP contribution in [0.4, 0.5) is 5.69 Å². The van der Waals surface area contributed by atoms with E-state index in [-0.39, 0.29) is 36.0 Å². The topological polar surface area (TPSA) is 84.7 Å². The molecule has 1 aromatic carbocycles. The lowest BCUT2D eigenvalue weighted by molar-refractivity contribution is -0.138. The number of piperidine rings is 1. The van der Waals surface area contributed by atoms with Crippen LogP contribution in [0.15, 0.2) is 36.4 Å². The largest absolute Gasteiger partial charge is 0.364 e. The number of nitrogens with one attached hydrogen (secondary N) is 1. The van der Waals surface area contributed by atoms with Crippen LogP contribution in [-0.4, -0.2) is 48.1 Å². The molecule has 2 amide bonds. The fourth-order valence-corrected chi connectivity index (χ4v) is 4.58. The van der Waals surface area contributed by atoms with E-state index < -0.39 is 0 Å². The molecule has 6 nitrogen and oxygen atoms in total. The Labute approximate surface area is 166 Å². The number of nitrogens with two attached hydrogens (primary N) is 1. The molecule has 0 spiro atoms. The van der Waals surface area contributed by atoms with Crippen LogP contribution < -0.4 is 11.1 Å². The van der Waals surface area contributed by atoms with E-state index >= 15 is 0 Å². The van der Waals surface area contributed by atoms with Gasteiger partial charge in [-0.15, -0.1) is 0 Å². The van der Waals surface area contributed by atoms with E-state index in [4.69, 9.17) is 10.5 Å². The van der Waals surface area contributed by atoms with Crippen LogP contribution in [0.25, 0.3) is 0 Å². The first-order valence-electron chi connectivity index (χ1n) is 10.3. The van der Waals surface area contributed by atoms with Crippen molar-refractivity contribution < 1.29 is 14.3 Å². The zero-order valence-electron chi connectivity index (χ0n) is 16.3. The van der Waals surface area contributed by atoms with Gasteiger partial charge < -0.3 is 20.7 Å². The van der Waals surface area contributed by atoms with Crippen LogP contribution in [0.5, 0.6) is 0 Å². The smallest absolute Gasteiger partial charge is 0.230 e. The first-order valence-corrected chi connectivity index (χ1v) is 10.3. The van der Waals surface area contributed by atoms with Crippen molar-refractivity contribution in [3.63, 3.8) is 0 Å². The highest BCUT2D eigenvalue weighted by atomic mass is 16.5. The number of nitrogens with zero attached hydrogens (tertiary/aromatic N) is 1. The summed E-state index contributed by atoms with van der Waals surface area (Å²) in [4.78, 5) is 27.0. The second-order valence-electron chi connectivity index (χ2n) is 8.28. The number of anilines is 1. The average Bonchev–Trinajstić information content (AvgIpc) is 3.28. The fourth-order valence-electron chi connectivity index (χ4n) is 4.58. The van der Waals surface area contributed by atoms with Crippen LogP contribution in [0.1, 0.15) is 31.2 Å². The van der Waals surface area contributed by atoms with Crippen molar-refractivity contribution in [1.82, 2.24) is 4.90 Å². The average molecular weight is 383 g/mol. The molecule has 2 saturated heterocycles. The normalized spacial score (nSPS) is 29.3. The van der Waals surface area contributed by atoms with Gasteiger partial charge in [-0.05, 0) is 49.8 Å². The number of hydrogen-bond donors (Lipinski definition) is 2. The molecular formula is C22H29N3O3. The fraction of sp³-hybridized carbons (Fsp3) is 0.545. The van der Waals surface area contributed by atoms with Gasteiger partial charge in [0, 0.05) is 31.2 Å². The van der Waals surface area contributed by atoms with E-state index in [0.717, 1.165) is 43.6 Å². The number of carbonyl (C=O) groups is 2. The van der Waals surface area contributed by atoms with Crippen molar-refractivity contribution >= 4 is 17.5 Å². The molecule has 3 heterocycles. The molecule has 4 atom stereocenters. The molecule has 0 radical (unpaired) electrons. The second kappa shape index (κ2) is 8.05. The van der Waals surface area contributed by atoms with Gasteiger partial charge in [0.25, 0.3) is 0 Å². The summed E-state index contributed by atoms with van der Waals surface area (Å²) in [6.45, 7) is 3.50. The summed E-state index contributed by atoms with van der Waals surface area (Å²) >= 11 is 0. The summed E-state index contributed by atoms with van der Waals surface area (Å²) in [6, 6.07) is 7.61. The van der Waals surface area contributed by atoms with Gasteiger partial charge in [-0.2, -0.15) is 0 Å². The molecule has 3 aliphatic rings. The van der Waals surface area contributed by atoms with Crippen molar-refractivity contribution in [1.29, 1.82) is 0 Å². The molecular weight excluding hydrogens is 354 g/mol. The van der Waals surface area contributed by atoms with Crippen molar-refractivity contribution in [2.75, 3.05) is 18.4 Å². The standard InChI is InChI=1S/C22H29N3O3/c1-14-3-2-4-16(13-14)24-19(26)8-5-15-9-11-25(12-10-15)22(27)20-17-6-7-18(28-17)21(20)23/h2-4,6-7,13,15,17-18,20-21H,5,8-12,23H2,1H3,(H,24,26)/t17-,18+,20-,21+/m1/s1. The van der Waals surface area contributed by atoms with Crippen LogP contribution in [0.2, 0.25) is 0 Å². The van der Waals surface area contributed by atoms with E-state index in [2.05, 4.69) is 5.32 Å². The minimum Gasteiger partial charge on any atom is -0.364 e. The lowest BCUT2D eigenvalue weighted by Crippen LogP contribution is -2.50. The Hall–Kier alpha value is -2.18. The van der Waals surface area contributed by atoms with Gasteiger partial charge in [-0.25, -0.2) is 0 Å². The quantitative estimate of drug-likeness (QED) is 0.764. The predicted octanol–water partition coefficient (Wildman–Crippen LogP) is 2.23.